The average Bonchev–Trinajstić information content (AvgIpc) is 2.44. The highest BCUT2D eigenvalue weighted by molar-refractivity contribution is 5.85. The number of amides is 1. The summed E-state index contributed by atoms with van der Waals surface area (Å²) in [6, 6.07) is 8.34. The van der Waals surface area contributed by atoms with Gasteiger partial charge < -0.3 is 10.6 Å². The highest BCUT2D eigenvalue weighted by atomic mass is 35.5. The summed E-state index contributed by atoms with van der Waals surface area (Å²) in [6.45, 7) is 4.72. The average molecular weight is 295 g/mol. The van der Waals surface area contributed by atoms with Crippen LogP contribution in [0.3, 0.4) is 0 Å². The second kappa shape index (κ2) is 8.77. The molecule has 0 saturated carbocycles. The first kappa shape index (κ1) is 16.7. The van der Waals surface area contributed by atoms with Crippen LogP contribution >= 0.6 is 12.4 Å². The van der Waals surface area contributed by atoms with Crippen LogP contribution < -0.4 is 10.6 Å². The third-order valence-electron chi connectivity index (χ3n) is 3.39. The van der Waals surface area contributed by atoms with Gasteiger partial charge >= 0.3 is 0 Å². The number of carbonyl (C=O) groups is 1. The first-order valence-electron chi connectivity index (χ1n) is 6.95. The zero-order chi connectivity index (χ0) is 13.5. The summed E-state index contributed by atoms with van der Waals surface area (Å²) in [7, 11) is 0. The molecule has 0 aliphatic carbocycles. The molecular weight excluding hydrogens is 272 g/mol. The van der Waals surface area contributed by atoms with Crippen molar-refractivity contribution in [1.82, 2.24) is 10.6 Å². The van der Waals surface area contributed by atoms with E-state index in [-0.39, 0.29) is 18.3 Å². The molecule has 4 heteroatoms. The van der Waals surface area contributed by atoms with E-state index in [4.69, 9.17) is 0 Å². The largest absolute Gasteiger partial charge is 0.352 e. The Morgan fingerprint density at radius 3 is 2.95 bits per heavy atom. The molecule has 0 radical (unpaired) electrons. The number of rotatable bonds is 5. The Labute approximate surface area is 127 Å². The Kier molecular flexibility index (Phi) is 7.34. The van der Waals surface area contributed by atoms with Crippen molar-refractivity contribution in [2.24, 2.45) is 0 Å². The molecule has 1 heterocycles. The number of halogens is 1. The number of hydrogen-bond acceptors (Lipinski definition) is 2. The number of benzene rings is 1. The molecule has 0 bridgehead atoms. The van der Waals surface area contributed by atoms with Crippen molar-refractivity contribution in [1.29, 1.82) is 0 Å². The highest BCUT2D eigenvalue weighted by Crippen LogP contribution is 2.07. The van der Waals surface area contributed by atoms with Crippen molar-refractivity contribution in [2.45, 2.75) is 26.2 Å². The van der Waals surface area contributed by atoms with Gasteiger partial charge in [0.2, 0.25) is 5.91 Å². The fourth-order valence-electron chi connectivity index (χ4n) is 2.26. The van der Waals surface area contributed by atoms with Crippen molar-refractivity contribution in [3.63, 3.8) is 0 Å². The lowest BCUT2D eigenvalue weighted by Gasteiger charge is -2.14. The molecule has 0 atom stereocenters. The number of nitrogens with one attached hydrogen (secondary N) is 2. The Morgan fingerprint density at radius 2 is 2.25 bits per heavy atom. The Morgan fingerprint density at radius 1 is 1.40 bits per heavy atom. The van der Waals surface area contributed by atoms with Gasteiger partial charge in [-0.25, -0.2) is 0 Å². The van der Waals surface area contributed by atoms with Gasteiger partial charge in [0, 0.05) is 19.5 Å². The van der Waals surface area contributed by atoms with Crippen molar-refractivity contribution in [3.05, 3.63) is 47.0 Å². The van der Waals surface area contributed by atoms with Gasteiger partial charge in [0.05, 0.1) is 0 Å². The van der Waals surface area contributed by atoms with Crippen LogP contribution in [-0.4, -0.2) is 25.5 Å². The van der Waals surface area contributed by atoms with E-state index >= 15 is 0 Å². The monoisotopic (exact) mass is 294 g/mol. The lowest BCUT2D eigenvalue weighted by atomic mass is 10.1. The second-order valence-electron chi connectivity index (χ2n) is 5.08. The maximum atomic E-state index is 11.8. The molecule has 1 aliphatic heterocycles. The summed E-state index contributed by atoms with van der Waals surface area (Å²) in [5, 5.41) is 6.27. The summed E-state index contributed by atoms with van der Waals surface area (Å²) in [5.74, 6) is 0.140. The lowest BCUT2D eigenvalue weighted by molar-refractivity contribution is -0.120. The summed E-state index contributed by atoms with van der Waals surface area (Å²) < 4.78 is 0. The fourth-order valence-corrected chi connectivity index (χ4v) is 2.26. The van der Waals surface area contributed by atoms with E-state index < -0.39 is 0 Å². The lowest BCUT2D eigenvalue weighted by Crippen LogP contribution is -2.29. The van der Waals surface area contributed by atoms with Crippen molar-refractivity contribution in [2.75, 3.05) is 19.6 Å². The molecule has 2 N–H and O–H groups in total. The molecule has 0 aromatic heterocycles. The molecule has 2 rings (SSSR count). The van der Waals surface area contributed by atoms with E-state index in [1.54, 1.807) is 0 Å². The molecule has 0 spiro atoms. The number of carbonyl (C=O) groups excluding carboxylic acids is 1. The van der Waals surface area contributed by atoms with Gasteiger partial charge in [-0.3, -0.25) is 4.79 Å². The molecule has 0 saturated heterocycles. The van der Waals surface area contributed by atoms with Gasteiger partial charge in [0.15, 0.2) is 0 Å². The molecule has 20 heavy (non-hydrogen) atoms. The van der Waals surface area contributed by atoms with Gasteiger partial charge in [0.25, 0.3) is 0 Å². The Balaban J connectivity index is 0.00000200. The molecule has 110 valence electrons. The number of hydrogen-bond donors (Lipinski definition) is 2. The van der Waals surface area contributed by atoms with E-state index in [1.807, 2.05) is 6.07 Å². The molecule has 3 nitrogen and oxygen atoms in total. The zero-order valence-corrected chi connectivity index (χ0v) is 12.8. The number of aryl methyl sites for hydroxylation is 2. The highest BCUT2D eigenvalue weighted by Gasteiger charge is 2.06. The molecule has 0 unspecified atom stereocenters. The van der Waals surface area contributed by atoms with Crippen LogP contribution in [0.5, 0.6) is 0 Å². The van der Waals surface area contributed by atoms with Crippen molar-refractivity contribution < 1.29 is 4.79 Å². The maximum Gasteiger partial charge on any atom is 0.220 e. The van der Waals surface area contributed by atoms with E-state index in [1.165, 1.54) is 16.7 Å². The molecule has 0 fully saturated rings. The van der Waals surface area contributed by atoms with Gasteiger partial charge in [-0.15, -0.1) is 12.4 Å². The van der Waals surface area contributed by atoms with Crippen LogP contribution in [0.2, 0.25) is 0 Å². The molecule has 1 amide bonds. The summed E-state index contributed by atoms with van der Waals surface area (Å²) >= 11 is 0. The van der Waals surface area contributed by atoms with Crippen LogP contribution in [0.25, 0.3) is 0 Å². The second-order valence-corrected chi connectivity index (χ2v) is 5.08. The van der Waals surface area contributed by atoms with Crippen LogP contribution in [0.4, 0.5) is 0 Å². The van der Waals surface area contributed by atoms with E-state index in [9.17, 15) is 4.79 Å². The van der Waals surface area contributed by atoms with Crippen LogP contribution in [0, 0.1) is 6.92 Å². The van der Waals surface area contributed by atoms with E-state index in [0.29, 0.717) is 13.0 Å². The third kappa shape index (κ3) is 5.76. The standard InChI is InChI=1S/C16H22N2O.ClH/c1-13-3-2-4-14(11-13)5-6-16(19)18-12-15-7-9-17-10-8-15;/h2-4,7,11,17H,5-6,8-10,12H2,1H3,(H,18,19);1H. The first-order valence-corrected chi connectivity index (χ1v) is 6.95. The van der Waals surface area contributed by atoms with Gasteiger partial charge in [0.1, 0.15) is 0 Å². The van der Waals surface area contributed by atoms with Crippen molar-refractivity contribution >= 4 is 18.3 Å². The predicted molar refractivity (Wildman–Crippen MR) is 85.3 cm³/mol. The Bertz CT molecular complexity index is 471. The van der Waals surface area contributed by atoms with Crippen LogP contribution in [-0.2, 0) is 11.2 Å². The summed E-state index contributed by atoms with van der Waals surface area (Å²) in [6.07, 6.45) is 4.59. The quantitative estimate of drug-likeness (QED) is 0.819. The smallest absolute Gasteiger partial charge is 0.220 e. The minimum Gasteiger partial charge on any atom is -0.352 e. The normalized spacial score (nSPS) is 14.2. The molecule has 1 aromatic carbocycles. The topological polar surface area (TPSA) is 41.1 Å². The molecule has 1 aromatic rings. The zero-order valence-electron chi connectivity index (χ0n) is 11.9. The summed E-state index contributed by atoms with van der Waals surface area (Å²) in [4.78, 5) is 11.8. The van der Waals surface area contributed by atoms with Crippen molar-refractivity contribution in [3.8, 4) is 0 Å². The SMILES string of the molecule is Cc1cccc(CCC(=O)NCC2=CCNCC2)c1.Cl. The van der Waals surface area contributed by atoms with Crippen LogP contribution in [0.1, 0.15) is 24.0 Å². The van der Waals surface area contributed by atoms with E-state index in [2.05, 4.69) is 41.8 Å². The maximum absolute atomic E-state index is 11.8. The van der Waals surface area contributed by atoms with Gasteiger partial charge in [-0.2, -0.15) is 0 Å². The predicted octanol–water partition coefficient (Wildman–Crippen LogP) is 2.39. The molecular formula is C16H23ClN2O. The molecule has 1 aliphatic rings. The van der Waals surface area contributed by atoms with Crippen LogP contribution in [0.15, 0.2) is 35.9 Å². The van der Waals surface area contributed by atoms with E-state index in [0.717, 1.165) is 25.9 Å². The van der Waals surface area contributed by atoms with Gasteiger partial charge in [-0.1, -0.05) is 41.5 Å². The minimum atomic E-state index is 0. The summed E-state index contributed by atoms with van der Waals surface area (Å²) in [5.41, 5.74) is 3.82. The first-order chi connectivity index (χ1) is 9.24. The fraction of sp³-hybridized carbons (Fsp3) is 0.438. The Hall–Kier alpha value is -1.32. The minimum absolute atomic E-state index is 0. The third-order valence-corrected chi connectivity index (χ3v) is 3.39. The van der Waals surface area contributed by atoms with Gasteiger partial charge in [-0.05, 0) is 31.9 Å².